The third-order valence-electron chi connectivity index (χ3n) is 2.09. The van der Waals surface area contributed by atoms with Crippen molar-refractivity contribution in [3.8, 4) is 0 Å². The lowest BCUT2D eigenvalue weighted by atomic mass is 10.1. The summed E-state index contributed by atoms with van der Waals surface area (Å²) in [5, 5.41) is 1.13. The molecule has 0 bridgehead atoms. The number of aliphatic imine (C=N–C) groups is 1. The first kappa shape index (κ1) is 11.3. The van der Waals surface area contributed by atoms with Crippen LogP contribution in [-0.4, -0.2) is 16.7 Å². The van der Waals surface area contributed by atoms with Gasteiger partial charge in [0.15, 0.2) is 0 Å². The maximum Gasteiger partial charge on any atom is 0.246 e. The number of thioether (sulfide) groups is 1. The van der Waals surface area contributed by atoms with Crippen LogP contribution in [0.5, 0.6) is 0 Å². The van der Waals surface area contributed by atoms with E-state index in [4.69, 9.17) is 5.73 Å². The summed E-state index contributed by atoms with van der Waals surface area (Å²) in [5.74, 6) is 0.767. The van der Waals surface area contributed by atoms with E-state index in [1.807, 2.05) is 6.92 Å². The van der Waals surface area contributed by atoms with Gasteiger partial charge in [-0.1, -0.05) is 6.92 Å². The number of hydrogen-bond donors (Lipinski definition) is 1. The largest absolute Gasteiger partial charge is 0.366 e. The number of nitrogens with zero attached hydrogens (tertiary/aromatic N) is 1. The molecule has 1 heterocycles. The lowest BCUT2D eigenvalue weighted by molar-refractivity contribution is -0.114. The van der Waals surface area contributed by atoms with Crippen molar-refractivity contribution in [2.24, 2.45) is 10.7 Å². The Balaban J connectivity index is 2.69. The van der Waals surface area contributed by atoms with Gasteiger partial charge in [-0.3, -0.25) is 9.79 Å². The summed E-state index contributed by atoms with van der Waals surface area (Å²) in [6.07, 6.45) is 2.76. The maximum absolute atomic E-state index is 11.0. The second-order valence-corrected chi connectivity index (χ2v) is 4.45. The van der Waals surface area contributed by atoms with Crippen LogP contribution >= 0.6 is 11.8 Å². The van der Waals surface area contributed by atoms with Gasteiger partial charge in [-0.2, -0.15) is 0 Å². The second kappa shape index (κ2) is 5.20. The van der Waals surface area contributed by atoms with Crippen LogP contribution in [0.15, 0.2) is 16.3 Å². The first-order valence-electron chi connectivity index (χ1n) is 4.85. The van der Waals surface area contributed by atoms with Crippen LogP contribution in [0.4, 0.5) is 0 Å². The molecule has 4 heteroatoms. The number of rotatable bonds is 3. The fourth-order valence-corrected chi connectivity index (χ4v) is 2.24. The molecular formula is C10H16N2OS. The molecule has 0 spiro atoms. The van der Waals surface area contributed by atoms with Crippen LogP contribution in [-0.2, 0) is 4.79 Å². The molecule has 0 saturated heterocycles. The van der Waals surface area contributed by atoms with Crippen LogP contribution in [0.1, 0.15) is 33.1 Å². The number of carbonyl (C=O) groups is 1. The van der Waals surface area contributed by atoms with E-state index in [2.05, 4.69) is 11.9 Å². The van der Waals surface area contributed by atoms with E-state index >= 15 is 0 Å². The van der Waals surface area contributed by atoms with Gasteiger partial charge in [0.2, 0.25) is 5.91 Å². The topological polar surface area (TPSA) is 55.4 Å². The standard InChI is InChI=1S/C10H16N2OS/c1-3-6-14-9-5-4-8(10(11)13)7(2)12-9/h3-6H2,1-2H3,(H2,11,13). The van der Waals surface area contributed by atoms with Gasteiger partial charge in [0.1, 0.15) is 0 Å². The van der Waals surface area contributed by atoms with Crippen molar-refractivity contribution in [2.75, 3.05) is 5.75 Å². The summed E-state index contributed by atoms with van der Waals surface area (Å²) in [7, 11) is 0. The molecule has 0 unspecified atom stereocenters. The van der Waals surface area contributed by atoms with E-state index in [0.29, 0.717) is 5.57 Å². The highest BCUT2D eigenvalue weighted by Crippen LogP contribution is 2.23. The Kier molecular flexibility index (Phi) is 4.20. The first-order chi connectivity index (χ1) is 6.65. The Morgan fingerprint density at radius 2 is 2.29 bits per heavy atom. The number of amides is 1. The zero-order valence-corrected chi connectivity index (χ0v) is 9.49. The van der Waals surface area contributed by atoms with E-state index in [-0.39, 0.29) is 5.91 Å². The van der Waals surface area contributed by atoms with Crippen LogP contribution in [0.25, 0.3) is 0 Å². The molecule has 0 atom stereocenters. The molecule has 14 heavy (non-hydrogen) atoms. The molecule has 0 aromatic heterocycles. The Bertz CT molecular complexity index is 294. The minimum Gasteiger partial charge on any atom is -0.366 e. The van der Waals surface area contributed by atoms with Crippen molar-refractivity contribution in [3.05, 3.63) is 11.3 Å². The third kappa shape index (κ3) is 2.87. The Labute approximate surface area is 88.8 Å². The van der Waals surface area contributed by atoms with Crippen molar-refractivity contribution >= 4 is 22.7 Å². The van der Waals surface area contributed by atoms with E-state index < -0.39 is 0 Å². The van der Waals surface area contributed by atoms with E-state index in [1.54, 1.807) is 11.8 Å². The summed E-state index contributed by atoms with van der Waals surface area (Å²) in [6.45, 7) is 4.00. The maximum atomic E-state index is 11.0. The molecule has 0 aromatic rings. The monoisotopic (exact) mass is 212 g/mol. The van der Waals surface area contributed by atoms with Gasteiger partial charge in [0, 0.05) is 17.7 Å². The Morgan fingerprint density at radius 3 is 2.79 bits per heavy atom. The molecule has 78 valence electrons. The smallest absolute Gasteiger partial charge is 0.246 e. The average molecular weight is 212 g/mol. The number of hydrogen-bond acceptors (Lipinski definition) is 3. The highest BCUT2D eigenvalue weighted by Gasteiger charge is 2.15. The van der Waals surface area contributed by atoms with Gasteiger partial charge in [-0.05, 0) is 25.5 Å². The molecule has 0 saturated carbocycles. The SMILES string of the molecule is CCCSC1=NC(C)=C(C(N)=O)CC1. The van der Waals surface area contributed by atoms with Gasteiger partial charge in [-0.15, -0.1) is 11.8 Å². The third-order valence-corrected chi connectivity index (χ3v) is 3.33. The lowest BCUT2D eigenvalue weighted by Crippen LogP contribution is -2.18. The normalized spacial score (nSPS) is 16.9. The van der Waals surface area contributed by atoms with Crippen LogP contribution in [0.3, 0.4) is 0 Å². The molecule has 1 amide bonds. The summed E-state index contributed by atoms with van der Waals surface area (Å²) in [4.78, 5) is 15.4. The molecule has 1 aliphatic rings. The van der Waals surface area contributed by atoms with Crippen molar-refractivity contribution < 1.29 is 4.79 Å². The quantitative estimate of drug-likeness (QED) is 0.778. The fourth-order valence-electron chi connectivity index (χ4n) is 1.35. The average Bonchev–Trinajstić information content (AvgIpc) is 2.14. The van der Waals surface area contributed by atoms with Crippen molar-refractivity contribution in [1.29, 1.82) is 0 Å². The Morgan fingerprint density at radius 1 is 1.57 bits per heavy atom. The van der Waals surface area contributed by atoms with E-state index in [1.165, 1.54) is 0 Å². The van der Waals surface area contributed by atoms with Gasteiger partial charge >= 0.3 is 0 Å². The van der Waals surface area contributed by atoms with Gasteiger partial charge in [-0.25, -0.2) is 0 Å². The molecule has 1 aliphatic heterocycles. The minimum atomic E-state index is -0.328. The van der Waals surface area contributed by atoms with Crippen molar-refractivity contribution in [1.82, 2.24) is 0 Å². The predicted octanol–water partition coefficient (Wildman–Crippen LogP) is 2.08. The highest BCUT2D eigenvalue weighted by atomic mass is 32.2. The molecule has 0 aliphatic carbocycles. The molecule has 0 aromatic carbocycles. The molecule has 0 radical (unpaired) electrons. The predicted molar refractivity (Wildman–Crippen MR) is 61.3 cm³/mol. The van der Waals surface area contributed by atoms with Crippen LogP contribution in [0.2, 0.25) is 0 Å². The highest BCUT2D eigenvalue weighted by molar-refractivity contribution is 8.13. The van der Waals surface area contributed by atoms with Crippen molar-refractivity contribution in [2.45, 2.75) is 33.1 Å². The minimum absolute atomic E-state index is 0.328. The van der Waals surface area contributed by atoms with Gasteiger partial charge < -0.3 is 5.73 Å². The van der Waals surface area contributed by atoms with Crippen molar-refractivity contribution in [3.63, 3.8) is 0 Å². The summed E-state index contributed by atoms with van der Waals surface area (Å²) < 4.78 is 0. The summed E-state index contributed by atoms with van der Waals surface area (Å²) >= 11 is 1.78. The number of primary amides is 1. The molecular weight excluding hydrogens is 196 g/mol. The molecule has 2 N–H and O–H groups in total. The summed E-state index contributed by atoms with van der Waals surface area (Å²) in [6, 6.07) is 0. The number of nitrogens with two attached hydrogens (primary N) is 1. The zero-order valence-electron chi connectivity index (χ0n) is 8.67. The van der Waals surface area contributed by atoms with Gasteiger partial charge in [0.05, 0.1) is 5.04 Å². The number of allylic oxidation sites excluding steroid dienone is 1. The molecule has 3 nitrogen and oxygen atoms in total. The molecule has 0 fully saturated rings. The van der Waals surface area contributed by atoms with E-state index in [0.717, 1.165) is 35.8 Å². The lowest BCUT2D eigenvalue weighted by Gasteiger charge is -2.14. The van der Waals surface area contributed by atoms with E-state index in [9.17, 15) is 4.79 Å². The zero-order chi connectivity index (χ0) is 10.6. The van der Waals surface area contributed by atoms with Crippen LogP contribution < -0.4 is 5.73 Å². The summed E-state index contributed by atoms with van der Waals surface area (Å²) in [5.41, 5.74) is 6.71. The fraction of sp³-hybridized carbons (Fsp3) is 0.600. The second-order valence-electron chi connectivity index (χ2n) is 3.28. The molecule has 1 rings (SSSR count). The number of carbonyl (C=O) groups excluding carboxylic acids is 1. The van der Waals surface area contributed by atoms with Crippen LogP contribution in [0, 0.1) is 0 Å². The first-order valence-corrected chi connectivity index (χ1v) is 5.83. The van der Waals surface area contributed by atoms with Gasteiger partial charge in [0.25, 0.3) is 0 Å². The Hall–Kier alpha value is -0.770.